The summed E-state index contributed by atoms with van der Waals surface area (Å²) in [6.45, 7) is 12.9. The largest absolute Gasteiger partial charge is 0.456 e. The summed E-state index contributed by atoms with van der Waals surface area (Å²) in [6, 6.07) is 28.9. The lowest BCUT2D eigenvalue weighted by Crippen LogP contribution is -2.51. The van der Waals surface area contributed by atoms with Crippen molar-refractivity contribution in [3.8, 4) is 33.9 Å². The molecule has 5 aromatic rings. The summed E-state index contributed by atoms with van der Waals surface area (Å²) < 4.78 is 20.0. The van der Waals surface area contributed by atoms with Gasteiger partial charge in [-0.2, -0.15) is 0 Å². The SMILES string of the molecule is CCN(CC)c1ccc2c(-c3ccc(C(=O)N4CCN(C(=O)c5cc6ccc(Oc7ccc([N+](=O)[O-])cc7[N+](=O)[O-])cc6oc5=O)CC4)cc3)c3ccc(=[N+](CC)CC)cc-3oc2c1. The number of rotatable bonds is 12. The molecule has 8 rings (SSSR count). The fraction of sp³-hybridized carbons (Fsp3) is 0.250. The second kappa shape index (κ2) is 17.8. The molecule has 3 heterocycles. The number of carbonyl (C=O) groups excluding carboxylic acids is 2. The van der Waals surface area contributed by atoms with Gasteiger partial charge in [-0.3, -0.25) is 29.8 Å². The van der Waals surface area contributed by atoms with Gasteiger partial charge in [0.25, 0.3) is 17.5 Å². The van der Waals surface area contributed by atoms with Crippen molar-refractivity contribution in [3.63, 3.8) is 0 Å². The maximum absolute atomic E-state index is 13.8. The Labute approximate surface area is 366 Å². The molecule has 1 saturated heterocycles. The molecular formula is C48H45N6O10+. The number of ether oxygens (including phenoxy) is 1. The molecule has 16 nitrogen and oxygen atoms in total. The molecule has 0 atom stereocenters. The van der Waals surface area contributed by atoms with E-state index in [1.165, 1.54) is 29.2 Å². The van der Waals surface area contributed by atoms with Gasteiger partial charge in [0.05, 0.1) is 22.0 Å². The summed E-state index contributed by atoms with van der Waals surface area (Å²) >= 11 is 0. The maximum atomic E-state index is 13.8. The average molecular weight is 866 g/mol. The number of piperazine rings is 1. The lowest BCUT2D eigenvalue weighted by atomic mass is 9.93. The molecule has 0 radical (unpaired) electrons. The van der Waals surface area contributed by atoms with Crippen LogP contribution in [0, 0.1) is 20.2 Å². The van der Waals surface area contributed by atoms with Crippen molar-refractivity contribution in [2.75, 3.05) is 57.3 Å². The third-order valence-corrected chi connectivity index (χ3v) is 11.7. The van der Waals surface area contributed by atoms with Crippen molar-refractivity contribution in [2.45, 2.75) is 27.7 Å². The normalized spacial score (nSPS) is 12.8. The van der Waals surface area contributed by atoms with Crippen LogP contribution in [0.15, 0.2) is 117 Å². The van der Waals surface area contributed by atoms with Crippen LogP contribution in [-0.4, -0.2) is 83.8 Å². The molecule has 16 heteroatoms. The van der Waals surface area contributed by atoms with Crippen LogP contribution in [0.2, 0.25) is 0 Å². The van der Waals surface area contributed by atoms with Crippen molar-refractivity contribution < 1.29 is 33.0 Å². The Hall–Kier alpha value is -7.88. The van der Waals surface area contributed by atoms with E-state index < -0.39 is 32.8 Å². The first-order valence-electron chi connectivity index (χ1n) is 21.1. The monoisotopic (exact) mass is 865 g/mol. The highest BCUT2D eigenvalue weighted by molar-refractivity contribution is 6.03. The molecule has 0 saturated carbocycles. The number of hydrogen-bond donors (Lipinski definition) is 0. The van der Waals surface area contributed by atoms with Crippen LogP contribution < -0.4 is 25.2 Å². The third kappa shape index (κ3) is 8.24. The topological polar surface area (TPSA) is 186 Å². The first-order chi connectivity index (χ1) is 30.9. The number of nitro groups is 2. The van der Waals surface area contributed by atoms with Crippen molar-refractivity contribution in [1.82, 2.24) is 14.4 Å². The van der Waals surface area contributed by atoms with Crippen LogP contribution >= 0.6 is 0 Å². The fourth-order valence-electron chi connectivity index (χ4n) is 8.27. The number of anilines is 1. The summed E-state index contributed by atoms with van der Waals surface area (Å²) in [5, 5.41) is 25.1. The van der Waals surface area contributed by atoms with Crippen LogP contribution in [0.4, 0.5) is 17.1 Å². The first kappa shape index (κ1) is 42.8. The molecule has 0 spiro atoms. The second-order valence-electron chi connectivity index (χ2n) is 15.3. The van der Waals surface area contributed by atoms with Gasteiger partial charge < -0.3 is 28.3 Å². The molecule has 0 N–H and O–H groups in total. The number of nitro benzene ring substituents is 2. The number of fused-ring (bicyclic) bond motifs is 3. The molecule has 2 amide bonds. The highest BCUT2D eigenvalue weighted by Crippen LogP contribution is 2.41. The Morgan fingerprint density at radius 2 is 1.42 bits per heavy atom. The van der Waals surface area contributed by atoms with E-state index in [4.69, 9.17) is 13.6 Å². The molecule has 0 unspecified atom stereocenters. The quantitative estimate of drug-likeness (QED) is 0.0379. The van der Waals surface area contributed by atoms with Gasteiger partial charge in [0.15, 0.2) is 0 Å². The molecule has 326 valence electrons. The highest BCUT2D eigenvalue weighted by atomic mass is 16.6. The smallest absolute Gasteiger partial charge is 0.349 e. The van der Waals surface area contributed by atoms with E-state index in [9.17, 15) is 34.6 Å². The lowest BCUT2D eigenvalue weighted by molar-refractivity contribution is -0.394. The molecule has 0 bridgehead atoms. The molecule has 1 aromatic heterocycles. The van der Waals surface area contributed by atoms with E-state index in [1.807, 2.05) is 24.3 Å². The molecular weight excluding hydrogens is 821 g/mol. The average Bonchev–Trinajstić information content (AvgIpc) is 3.31. The number of benzene rings is 5. The molecule has 1 aliphatic carbocycles. The minimum atomic E-state index is -0.893. The predicted molar refractivity (Wildman–Crippen MR) is 242 cm³/mol. The maximum Gasteiger partial charge on any atom is 0.349 e. The predicted octanol–water partition coefficient (Wildman–Crippen LogP) is 8.18. The summed E-state index contributed by atoms with van der Waals surface area (Å²) in [6.07, 6.45) is 0. The zero-order valence-corrected chi connectivity index (χ0v) is 35.7. The Morgan fingerprint density at radius 1 is 0.719 bits per heavy atom. The van der Waals surface area contributed by atoms with Crippen LogP contribution in [0.1, 0.15) is 48.4 Å². The van der Waals surface area contributed by atoms with Crippen LogP contribution in [0.25, 0.3) is 44.4 Å². The van der Waals surface area contributed by atoms with Gasteiger partial charge in [0, 0.05) is 96.7 Å². The zero-order chi connectivity index (χ0) is 45.2. The van der Waals surface area contributed by atoms with E-state index >= 15 is 0 Å². The van der Waals surface area contributed by atoms with Gasteiger partial charge in [-0.05, 0) is 87.9 Å². The highest BCUT2D eigenvalue weighted by Gasteiger charge is 2.29. The Bertz CT molecular complexity index is 3070. The lowest BCUT2D eigenvalue weighted by Gasteiger charge is -2.34. The van der Waals surface area contributed by atoms with Crippen LogP contribution in [-0.2, 0) is 0 Å². The van der Waals surface area contributed by atoms with Gasteiger partial charge in [0.1, 0.15) is 41.3 Å². The Kier molecular flexibility index (Phi) is 11.9. The van der Waals surface area contributed by atoms with E-state index in [2.05, 4.69) is 73.6 Å². The fourth-order valence-corrected chi connectivity index (χ4v) is 8.27. The number of nitrogens with zero attached hydrogens (tertiary/aromatic N) is 6. The number of non-ortho nitro benzene ring substituents is 1. The summed E-state index contributed by atoms with van der Waals surface area (Å²) in [4.78, 5) is 67.2. The van der Waals surface area contributed by atoms with Crippen molar-refractivity contribution >= 4 is 50.8 Å². The minimum Gasteiger partial charge on any atom is -0.456 e. The Balaban J connectivity index is 0.984. The van der Waals surface area contributed by atoms with Crippen LogP contribution in [0.3, 0.4) is 0 Å². The molecule has 1 fully saturated rings. The zero-order valence-electron chi connectivity index (χ0n) is 35.7. The van der Waals surface area contributed by atoms with Gasteiger partial charge >= 0.3 is 11.3 Å². The molecule has 2 aliphatic heterocycles. The van der Waals surface area contributed by atoms with Gasteiger partial charge in [0.2, 0.25) is 11.1 Å². The minimum absolute atomic E-state index is 0.0579. The summed E-state index contributed by atoms with van der Waals surface area (Å²) in [5.41, 5.74) is 3.16. The van der Waals surface area contributed by atoms with Gasteiger partial charge in [-0.25, -0.2) is 9.37 Å². The Morgan fingerprint density at radius 3 is 2.08 bits per heavy atom. The van der Waals surface area contributed by atoms with E-state index in [0.29, 0.717) is 10.9 Å². The van der Waals surface area contributed by atoms with Crippen LogP contribution in [0.5, 0.6) is 11.5 Å². The third-order valence-electron chi connectivity index (χ3n) is 11.7. The first-order valence-corrected chi connectivity index (χ1v) is 21.1. The van der Waals surface area contributed by atoms with Gasteiger partial charge in [-0.15, -0.1) is 0 Å². The van der Waals surface area contributed by atoms with Gasteiger partial charge in [-0.1, -0.05) is 12.1 Å². The standard InChI is InChI=1S/C48H45N6O10/c1-5-49(6-2)33-14-18-37-43(27-33)63-44-28-34(50(7-3)8-4)15-19-38(44)45(37)30-9-11-31(12-10-30)46(55)51-21-23-52(24-22-51)47(56)39-25-32-13-17-36(29-42(32)64-48(39)57)62-41-20-16-35(53(58)59)26-40(41)54(60)61/h9-20,25-29H,5-8,21-24H2,1-4H3/q+1. The van der Waals surface area contributed by atoms with Crippen molar-refractivity contribution in [2.24, 2.45) is 0 Å². The number of carbonyl (C=O) groups is 2. The second-order valence-corrected chi connectivity index (χ2v) is 15.3. The van der Waals surface area contributed by atoms with Crippen molar-refractivity contribution in [3.05, 3.63) is 150 Å². The molecule has 64 heavy (non-hydrogen) atoms. The van der Waals surface area contributed by atoms with E-state index in [-0.39, 0.29) is 54.7 Å². The summed E-state index contributed by atoms with van der Waals surface area (Å²) in [7, 11) is 0. The van der Waals surface area contributed by atoms with E-state index in [1.54, 1.807) is 4.90 Å². The number of amides is 2. The van der Waals surface area contributed by atoms with E-state index in [0.717, 1.165) is 88.8 Å². The molecule has 3 aliphatic rings. The molecule has 4 aromatic carbocycles. The number of hydrogen-bond acceptors (Lipinski definition) is 11. The summed E-state index contributed by atoms with van der Waals surface area (Å²) in [5.74, 6) is -0.135. The van der Waals surface area contributed by atoms with Crippen molar-refractivity contribution in [1.29, 1.82) is 0 Å².